The van der Waals surface area contributed by atoms with Crippen molar-refractivity contribution in [2.45, 2.75) is 32.6 Å². The van der Waals surface area contributed by atoms with Gasteiger partial charge < -0.3 is 19.9 Å². The van der Waals surface area contributed by atoms with Crippen LogP contribution in [0.5, 0.6) is 0 Å². The molecule has 0 bridgehead atoms. The van der Waals surface area contributed by atoms with Crippen molar-refractivity contribution in [2.24, 2.45) is 11.8 Å². The zero-order valence-electron chi connectivity index (χ0n) is 17.7. The zero-order chi connectivity index (χ0) is 21.7. The van der Waals surface area contributed by atoms with Gasteiger partial charge in [0.2, 0.25) is 17.7 Å². The molecule has 1 unspecified atom stereocenters. The summed E-state index contributed by atoms with van der Waals surface area (Å²) in [7, 11) is 1.64. The van der Waals surface area contributed by atoms with Gasteiger partial charge in [0.05, 0.1) is 5.92 Å². The molecule has 30 heavy (non-hydrogen) atoms. The molecule has 7 nitrogen and oxygen atoms in total. The molecule has 2 fully saturated rings. The maximum atomic E-state index is 13.0. The highest BCUT2D eigenvalue weighted by molar-refractivity contribution is 9.10. The molecule has 0 aromatic heterocycles. The summed E-state index contributed by atoms with van der Waals surface area (Å²) in [5.41, 5.74) is 1.89. The van der Waals surface area contributed by atoms with Crippen LogP contribution < -0.4 is 10.2 Å². The van der Waals surface area contributed by atoms with Crippen molar-refractivity contribution >= 4 is 39.3 Å². The summed E-state index contributed by atoms with van der Waals surface area (Å²) in [6.45, 7) is 4.77. The van der Waals surface area contributed by atoms with E-state index in [4.69, 9.17) is 4.74 Å². The molecule has 0 saturated carbocycles. The molecule has 3 amide bonds. The van der Waals surface area contributed by atoms with Crippen molar-refractivity contribution in [3.05, 3.63) is 28.2 Å². The van der Waals surface area contributed by atoms with E-state index < -0.39 is 0 Å². The van der Waals surface area contributed by atoms with Gasteiger partial charge in [-0.25, -0.2) is 0 Å². The second-order valence-electron chi connectivity index (χ2n) is 8.08. The Morgan fingerprint density at radius 1 is 1.23 bits per heavy atom. The fraction of sp³-hybridized carbons (Fsp3) is 0.591. The molecule has 2 aliphatic heterocycles. The van der Waals surface area contributed by atoms with Crippen molar-refractivity contribution in [1.29, 1.82) is 0 Å². The van der Waals surface area contributed by atoms with E-state index in [0.717, 1.165) is 22.1 Å². The molecule has 3 rings (SSSR count). The Bertz CT molecular complexity index is 793. The third kappa shape index (κ3) is 5.40. The van der Waals surface area contributed by atoms with Crippen LogP contribution in [-0.4, -0.2) is 62.5 Å². The normalized spacial score (nSPS) is 20.0. The number of hydrogen-bond donors (Lipinski definition) is 1. The SMILES string of the molecule is COCCCNC(=O)C1CCN(C(=O)C2CC(=O)N(c3ccc(Br)c(C)c3)C2)CC1. The van der Waals surface area contributed by atoms with E-state index in [0.29, 0.717) is 45.6 Å². The smallest absolute Gasteiger partial charge is 0.228 e. The highest BCUT2D eigenvalue weighted by Gasteiger charge is 2.38. The topological polar surface area (TPSA) is 79.0 Å². The van der Waals surface area contributed by atoms with Gasteiger partial charge in [0, 0.05) is 62.4 Å². The van der Waals surface area contributed by atoms with Crippen LogP contribution in [-0.2, 0) is 19.1 Å². The number of likely N-dealkylation sites (tertiary alicyclic amines) is 1. The molecule has 2 heterocycles. The molecule has 8 heteroatoms. The maximum Gasteiger partial charge on any atom is 0.228 e. The molecule has 1 aromatic rings. The second kappa shape index (κ2) is 10.4. The Labute approximate surface area is 186 Å². The summed E-state index contributed by atoms with van der Waals surface area (Å²) in [4.78, 5) is 41.3. The molecule has 164 valence electrons. The van der Waals surface area contributed by atoms with Gasteiger partial charge in [0.1, 0.15) is 0 Å². The second-order valence-corrected chi connectivity index (χ2v) is 8.93. The van der Waals surface area contributed by atoms with E-state index >= 15 is 0 Å². The largest absolute Gasteiger partial charge is 0.385 e. The van der Waals surface area contributed by atoms with Gasteiger partial charge in [-0.05, 0) is 49.9 Å². The Kier molecular flexibility index (Phi) is 7.88. The molecule has 1 atom stereocenters. The van der Waals surface area contributed by atoms with Gasteiger partial charge >= 0.3 is 0 Å². The summed E-state index contributed by atoms with van der Waals surface area (Å²) in [5, 5.41) is 2.95. The molecular weight excluding hydrogens is 450 g/mol. The van der Waals surface area contributed by atoms with E-state index in [9.17, 15) is 14.4 Å². The number of ether oxygens (including phenoxy) is 1. The summed E-state index contributed by atoms with van der Waals surface area (Å²) in [6, 6.07) is 5.79. The Hall–Kier alpha value is -1.93. The molecule has 0 aliphatic carbocycles. The predicted molar refractivity (Wildman–Crippen MR) is 118 cm³/mol. The van der Waals surface area contributed by atoms with Crippen LogP contribution in [0.3, 0.4) is 0 Å². The first-order chi connectivity index (χ1) is 14.4. The van der Waals surface area contributed by atoms with Crippen molar-refractivity contribution in [3.63, 3.8) is 0 Å². The summed E-state index contributed by atoms with van der Waals surface area (Å²) < 4.78 is 5.98. The standard InChI is InChI=1S/C22H30BrN3O4/c1-15-12-18(4-5-19(15)23)26-14-17(13-20(26)27)22(29)25-9-6-16(7-10-25)21(28)24-8-3-11-30-2/h4-5,12,16-17H,3,6-11,13-14H2,1-2H3,(H,24,28). The van der Waals surface area contributed by atoms with E-state index in [1.54, 1.807) is 12.0 Å². The number of halogens is 1. The number of hydrogen-bond acceptors (Lipinski definition) is 4. The number of carbonyl (C=O) groups is 3. The molecule has 1 aromatic carbocycles. The first-order valence-corrected chi connectivity index (χ1v) is 11.3. The molecule has 0 spiro atoms. The van der Waals surface area contributed by atoms with Crippen LogP contribution in [0.4, 0.5) is 5.69 Å². The van der Waals surface area contributed by atoms with Gasteiger partial charge in [-0.15, -0.1) is 0 Å². The first kappa shape index (κ1) is 22.7. The number of methoxy groups -OCH3 is 1. The van der Waals surface area contributed by atoms with Gasteiger partial charge in [-0.1, -0.05) is 15.9 Å². The predicted octanol–water partition coefficient (Wildman–Crippen LogP) is 2.50. The van der Waals surface area contributed by atoms with Gasteiger partial charge in [-0.3, -0.25) is 14.4 Å². The van der Waals surface area contributed by atoms with Crippen LogP contribution in [0.2, 0.25) is 0 Å². The number of piperidine rings is 1. The fourth-order valence-electron chi connectivity index (χ4n) is 4.11. The monoisotopic (exact) mass is 479 g/mol. The molecule has 2 aliphatic rings. The minimum absolute atomic E-state index is 0.0135. The van der Waals surface area contributed by atoms with Crippen molar-refractivity contribution in [3.8, 4) is 0 Å². The van der Waals surface area contributed by atoms with Gasteiger partial charge in [0.25, 0.3) is 0 Å². The lowest BCUT2D eigenvalue weighted by Gasteiger charge is -2.33. The first-order valence-electron chi connectivity index (χ1n) is 10.5. The number of rotatable bonds is 7. The van der Waals surface area contributed by atoms with Crippen molar-refractivity contribution < 1.29 is 19.1 Å². The van der Waals surface area contributed by atoms with Crippen LogP contribution in [0, 0.1) is 18.8 Å². The molecule has 0 radical (unpaired) electrons. The number of benzene rings is 1. The minimum atomic E-state index is -0.319. The molecule has 1 N–H and O–H groups in total. The van der Waals surface area contributed by atoms with Crippen LogP contribution in [0.25, 0.3) is 0 Å². The molecule has 2 saturated heterocycles. The van der Waals surface area contributed by atoms with E-state index in [2.05, 4.69) is 21.2 Å². The van der Waals surface area contributed by atoms with Crippen LogP contribution >= 0.6 is 15.9 Å². The van der Waals surface area contributed by atoms with E-state index in [-0.39, 0.29) is 36.0 Å². The average Bonchev–Trinajstić information content (AvgIpc) is 3.14. The van der Waals surface area contributed by atoms with Crippen LogP contribution in [0.15, 0.2) is 22.7 Å². The average molecular weight is 480 g/mol. The van der Waals surface area contributed by atoms with Gasteiger partial charge in [0.15, 0.2) is 0 Å². The molecular formula is C22H30BrN3O4. The number of amides is 3. The number of nitrogens with zero attached hydrogens (tertiary/aromatic N) is 2. The minimum Gasteiger partial charge on any atom is -0.385 e. The highest BCUT2D eigenvalue weighted by Crippen LogP contribution is 2.30. The van der Waals surface area contributed by atoms with Crippen molar-refractivity contribution in [2.75, 3.05) is 44.8 Å². The number of nitrogens with one attached hydrogen (secondary N) is 1. The van der Waals surface area contributed by atoms with Crippen molar-refractivity contribution in [1.82, 2.24) is 10.2 Å². The lowest BCUT2D eigenvalue weighted by molar-refractivity contribution is -0.139. The lowest BCUT2D eigenvalue weighted by Crippen LogP contribution is -2.45. The Balaban J connectivity index is 1.50. The van der Waals surface area contributed by atoms with E-state index in [1.165, 1.54) is 0 Å². The van der Waals surface area contributed by atoms with Crippen LogP contribution in [0.1, 0.15) is 31.2 Å². The Morgan fingerprint density at radius 2 is 1.97 bits per heavy atom. The zero-order valence-corrected chi connectivity index (χ0v) is 19.2. The fourth-order valence-corrected chi connectivity index (χ4v) is 4.36. The Morgan fingerprint density at radius 3 is 2.63 bits per heavy atom. The number of anilines is 1. The summed E-state index contributed by atoms with van der Waals surface area (Å²) >= 11 is 3.48. The van der Waals surface area contributed by atoms with E-state index in [1.807, 2.05) is 30.0 Å². The number of carbonyl (C=O) groups excluding carboxylic acids is 3. The number of aryl methyl sites for hydroxylation is 1. The third-order valence-electron chi connectivity index (χ3n) is 5.93. The quantitative estimate of drug-likeness (QED) is 0.609. The summed E-state index contributed by atoms with van der Waals surface area (Å²) in [5.74, 6) is -0.296. The highest BCUT2D eigenvalue weighted by atomic mass is 79.9. The third-order valence-corrected chi connectivity index (χ3v) is 6.82. The maximum absolute atomic E-state index is 13.0. The van der Waals surface area contributed by atoms with Gasteiger partial charge in [-0.2, -0.15) is 0 Å². The summed E-state index contributed by atoms with van der Waals surface area (Å²) in [6.07, 6.45) is 2.37. The lowest BCUT2D eigenvalue weighted by atomic mass is 9.94.